The normalized spacial score (nSPS) is 23.8. The van der Waals surface area contributed by atoms with Crippen molar-refractivity contribution >= 4 is 14.3 Å². The highest BCUT2D eigenvalue weighted by Crippen LogP contribution is 2.40. The summed E-state index contributed by atoms with van der Waals surface area (Å²) in [7, 11) is 1.37. The van der Waals surface area contributed by atoms with Crippen LogP contribution in [-0.2, 0) is 30.0 Å². The minimum absolute atomic E-state index is 0.0224. The number of benzene rings is 1. The van der Waals surface area contributed by atoms with Gasteiger partial charge in [-0.1, -0.05) is 73.1 Å². The Labute approximate surface area is 258 Å². The molecule has 0 amide bonds. The summed E-state index contributed by atoms with van der Waals surface area (Å²) in [4.78, 5) is 12.7. The first-order chi connectivity index (χ1) is 19.6. The maximum absolute atomic E-state index is 12.7. The summed E-state index contributed by atoms with van der Waals surface area (Å²) in [6.07, 6.45) is 5.81. The van der Waals surface area contributed by atoms with E-state index in [4.69, 9.17) is 23.4 Å². The van der Waals surface area contributed by atoms with E-state index < -0.39 is 8.32 Å². The van der Waals surface area contributed by atoms with Gasteiger partial charge < -0.3 is 23.4 Å². The van der Waals surface area contributed by atoms with Crippen molar-refractivity contribution in [3.05, 3.63) is 41.5 Å². The van der Waals surface area contributed by atoms with Crippen molar-refractivity contribution in [3.8, 4) is 5.75 Å². The highest BCUT2D eigenvalue weighted by Gasteiger charge is 2.42. The number of cyclic esters (lactones) is 1. The zero-order valence-electron chi connectivity index (χ0n) is 28.6. The second-order valence-electron chi connectivity index (χ2n) is 14.1. The first-order valence-electron chi connectivity index (χ1n) is 15.9. The first kappa shape index (κ1) is 36.5. The Kier molecular flexibility index (Phi) is 14.3. The van der Waals surface area contributed by atoms with E-state index in [9.17, 15) is 4.79 Å². The van der Waals surface area contributed by atoms with Crippen LogP contribution in [0.5, 0.6) is 5.75 Å². The third-order valence-electron chi connectivity index (χ3n) is 9.57. The summed E-state index contributed by atoms with van der Waals surface area (Å²) in [5.41, 5.74) is 2.23. The fourth-order valence-electron chi connectivity index (χ4n) is 5.65. The molecule has 240 valence electrons. The summed E-state index contributed by atoms with van der Waals surface area (Å²) < 4.78 is 30.6. The predicted molar refractivity (Wildman–Crippen MR) is 174 cm³/mol. The standard InChI is InChI=1S/C35H60O6Si/c1-24-14-13-15-25(2)34(36)40-32(24)26(3)22-27(4)33(41-42(11,12)35(6,7)8)28(5)31(38-10)20-21-39-23-29-16-18-30(37-9)19-17-29/h16-19,22,24-25,27-28,31-33H,13-15,20-21,23H2,1-12H3/b26-22+/t24-,25+,27+,28+,31+,32-,33+/m0/s1. The number of carbonyl (C=O) groups excluding carboxylic acids is 1. The molecule has 6 nitrogen and oxygen atoms in total. The largest absolute Gasteiger partial charge is 0.497 e. The SMILES string of the molecule is COc1ccc(COCC[C@@H](OC)[C@@H](C)[C@H](O[Si](C)(C)C(C)(C)C)[C@H](C)/C=C(\C)[C@H]2OC(=O)[C@H](C)CCC[C@@H]2C)cc1. The van der Waals surface area contributed by atoms with Gasteiger partial charge in [-0.3, -0.25) is 4.79 Å². The number of esters is 1. The Morgan fingerprint density at radius 3 is 2.31 bits per heavy atom. The minimum Gasteiger partial charge on any atom is -0.497 e. The van der Waals surface area contributed by atoms with Gasteiger partial charge in [0.05, 0.1) is 31.8 Å². The summed E-state index contributed by atoms with van der Waals surface area (Å²) >= 11 is 0. The molecule has 0 bridgehead atoms. The van der Waals surface area contributed by atoms with E-state index in [0.29, 0.717) is 13.2 Å². The molecule has 2 rings (SSSR count). The molecule has 0 aliphatic carbocycles. The topological polar surface area (TPSA) is 63.2 Å². The zero-order chi connectivity index (χ0) is 31.7. The van der Waals surface area contributed by atoms with Crippen molar-refractivity contribution in [2.45, 2.75) is 124 Å². The van der Waals surface area contributed by atoms with Gasteiger partial charge in [-0.05, 0) is 79.4 Å². The van der Waals surface area contributed by atoms with Crippen molar-refractivity contribution in [3.63, 3.8) is 0 Å². The lowest BCUT2D eigenvalue weighted by molar-refractivity contribution is -0.155. The molecule has 42 heavy (non-hydrogen) atoms. The summed E-state index contributed by atoms with van der Waals surface area (Å²) in [5.74, 6) is 1.25. The van der Waals surface area contributed by atoms with Gasteiger partial charge in [-0.15, -0.1) is 0 Å². The zero-order valence-corrected chi connectivity index (χ0v) is 29.6. The molecule has 1 fully saturated rings. The van der Waals surface area contributed by atoms with Crippen LogP contribution < -0.4 is 4.74 Å². The van der Waals surface area contributed by atoms with Gasteiger partial charge >= 0.3 is 5.97 Å². The molecular weight excluding hydrogens is 544 g/mol. The molecule has 0 aromatic heterocycles. The van der Waals surface area contributed by atoms with Crippen molar-refractivity contribution in [2.75, 3.05) is 20.8 Å². The van der Waals surface area contributed by atoms with E-state index in [2.05, 4.69) is 67.6 Å². The average molecular weight is 605 g/mol. The van der Waals surface area contributed by atoms with Crippen LogP contribution in [0, 0.1) is 23.7 Å². The lowest BCUT2D eigenvalue weighted by atomic mass is 9.84. The molecular formula is C35H60O6Si. The molecule has 1 heterocycles. The van der Waals surface area contributed by atoms with Gasteiger partial charge in [0.15, 0.2) is 8.32 Å². The maximum atomic E-state index is 12.7. The van der Waals surface area contributed by atoms with Crippen LogP contribution >= 0.6 is 0 Å². The van der Waals surface area contributed by atoms with Gasteiger partial charge in [0.25, 0.3) is 0 Å². The van der Waals surface area contributed by atoms with E-state index in [-0.39, 0.29) is 53.0 Å². The second-order valence-corrected chi connectivity index (χ2v) is 18.9. The van der Waals surface area contributed by atoms with E-state index in [1.165, 1.54) is 0 Å². The second kappa shape index (κ2) is 16.4. The summed E-state index contributed by atoms with van der Waals surface area (Å²) in [6, 6.07) is 7.97. The molecule has 1 aliphatic rings. The highest BCUT2D eigenvalue weighted by molar-refractivity contribution is 6.74. The van der Waals surface area contributed by atoms with Gasteiger partial charge in [0.1, 0.15) is 11.9 Å². The summed E-state index contributed by atoms with van der Waals surface area (Å²) in [5, 5.41) is 0.0766. The molecule has 7 atom stereocenters. The average Bonchev–Trinajstić information content (AvgIpc) is 2.92. The Hall–Kier alpha value is -1.67. The van der Waals surface area contributed by atoms with E-state index in [0.717, 1.165) is 42.6 Å². The van der Waals surface area contributed by atoms with E-state index in [1.807, 2.05) is 31.2 Å². The highest BCUT2D eigenvalue weighted by atomic mass is 28.4. The fourth-order valence-corrected chi connectivity index (χ4v) is 7.11. The van der Waals surface area contributed by atoms with Crippen molar-refractivity contribution in [2.24, 2.45) is 23.7 Å². The number of hydrogen-bond donors (Lipinski definition) is 0. The molecule has 0 unspecified atom stereocenters. The van der Waals surface area contributed by atoms with E-state index >= 15 is 0 Å². The molecule has 1 aromatic carbocycles. The Morgan fingerprint density at radius 1 is 1.10 bits per heavy atom. The summed E-state index contributed by atoms with van der Waals surface area (Å²) in [6.45, 7) is 23.4. The van der Waals surface area contributed by atoms with Crippen molar-refractivity contribution in [1.29, 1.82) is 0 Å². The number of rotatable bonds is 14. The third kappa shape index (κ3) is 10.5. The lowest BCUT2D eigenvalue weighted by Gasteiger charge is -2.44. The molecule has 0 N–H and O–H groups in total. The number of ether oxygens (including phenoxy) is 4. The molecule has 0 radical (unpaired) electrons. The van der Waals surface area contributed by atoms with Crippen LogP contribution in [-0.4, -0.2) is 53.4 Å². The van der Waals surface area contributed by atoms with Crippen molar-refractivity contribution < 1.29 is 28.2 Å². The monoisotopic (exact) mass is 604 g/mol. The Balaban J connectivity index is 2.21. The van der Waals surface area contributed by atoms with Crippen molar-refractivity contribution in [1.82, 2.24) is 0 Å². The van der Waals surface area contributed by atoms with Gasteiger partial charge in [0, 0.05) is 19.6 Å². The Bertz CT molecular complexity index is 982. The molecule has 7 heteroatoms. The Morgan fingerprint density at radius 2 is 1.74 bits per heavy atom. The van der Waals surface area contributed by atoms with Crippen LogP contribution in [0.1, 0.15) is 86.6 Å². The molecule has 0 spiro atoms. The van der Waals surface area contributed by atoms with Gasteiger partial charge in [0.2, 0.25) is 0 Å². The van der Waals surface area contributed by atoms with Gasteiger partial charge in [-0.2, -0.15) is 0 Å². The lowest BCUT2D eigenvalue weighted by Crippen LogP contribution is -2.49. The molecule has 1 aliphatic heterocycles. The van der Waals surface area contributed by atoms with Gasteiger partial charge in [-0.25, -0.2) is 0 Å². The van der Waals surface area contributed by atoms with Crippen LogP contribution in [0.25, 0.3) is 0 Å². The quantitative estimate of drug-likeness (QED) is 0.0917. The molecule has 1 aromatic rings. The third-order valence-corrected chi connectivity index (χ3v) is 14.0. The predicted octanol–water partition coefficient (Wildman–Crippen LogP) is 8.59. The first-order valence-corrected chi connectivity index (χ1v) is 18.8. The van der Waals surface area contributed by atoms with Crippen LogP contribution in [0.2, 0.25) is 18.1 Å². The molecule has 0 saturated carbocycles. The smallest absolute Gasteiger partial charge is 0.309 e. The number of hydrogen-bond acceptors (Lipinski definition) is 6. The fraction of sp³-hybridized carbons (Fsp3) is 0.743. The minimum atomic E-state index is -2.09. The number of carbonyl (C=O) groups is 1. The molecule has 1 saturated heterocycles. The van der Waals surface area contributed by atoms with Crippen LogP contribution in [0.3, 0.4) is 0 Å². The number of methoxy groups -OCH3 is 2. The van der Waals surface area contributed by atoms with Crippen LogP contribution in [0.4, 0.5) is 0 Å². The van der Waals surface area contributed by atoms with E-state index in [1.54, 1.807) is 14.2 Å². The maximum Gasteiger partial charge on any atom is 0.309 e. The van der Waals surface area contributed by atoms with Crippen LogP contribution in [0.15, 0.2) is 35.9 Å².